The van der Waals surface area contributed by atoms with Crippen molar-refractivity contribution in [3.63, 3.8) is 0 Å². The smallest absolute Gasteiger partial charge is 0.349 e. The molecule has 1 amide bonds. The molecule has 0 fully saturated rings. The van der Waals surface area contributed by atoms with E-state index in [0.29, 0.717) is 10.9 Å². The number of anilines is 1. The first-order chi connectivity index (χ1) is 10.4. The summed E-state index contributed by atoms with van der Waals surface area (Å²) in [4.78, 5) is 23.8. The van der Waals surface area contributed by atoms with E-state index in [0.717, 1.165) is 17.4 Å². The van der Waals surface area contributed by atoms with Crippen LogP contribution in [0.15, 0.2) is 29.6 Å². The summed E-state index contributed by atoms with van der Waals surface area (Å²) in [5.41, 5.74) is -0.539. The average Bonchev–Trinajstić information content (AvgIpc) is 3.02. The minimum atomic E-state index is -1.69. The first-order valence-corrected chi connectivity index (χ1v) is 6.97. The number of nitrogens with one attached hydrogen (secondary N) is 1. The Kier molecular flexibility index (Phi) is 4.81. The van der Waals surface area contributed by atoms with Gasteiger partial charge in [-0.05, 0) is 30.5 Å². The second kappa shape index (κ2) is 6.61. The second-order valence-electron chi connectivity index (χ2n) is 4.24. The predicted octanol–water partition coefficient (Wildman–Crippen LogP) is 3.35. The lowest BCUT2D eigenvalue weighted by Gasteiger charge is -2.13. The van der Waals surface area contributed by atoms with Gasteiger partial charge in [-0.15, -0.1) is 11.3 Å². The highest BCUT2D eigenvalue weighted by Crippen LogP contribution is 2.20. The highest BCUT2D eigenvalue weighted by atomic mass is 32.1. The molecule has 2 rings (SSSR count). The third kappa shape index (κ3) is 3.45. The van der Waals surface area contributed by atoms with Crippen LogP contribution in [0, 0.1) is 17.5 Å². The van der Waals surface area contributed by atoms with Crippen molar-refractivity contribution in [3.8, 4) is 0 Å². The standard InChI is InChI=1S/C14H10F3NO3S/c1-7(21-14(20)10-3-2-6-22-10)13(19)18-9-5-4-8(15)11(16)12(9)17/h2-7H,1H3,(H,18,19)/t7-/m1/s1. The Bertz CT molecular complexity index is 704. The van der Waals surface area contributed by atoms with Gasteiger partial charge in [-0.3, -0.25) is 4.79 Å². The van der Waals surface area contributed by atoms with Gasteiger partial charge in [0.25, 0.3) is 5.91 Å². The van der Waals surface area contributed by atoms with E-state index in [1.54, 1.807) is 11.4 Å². The molecule has 0 unspecified atom stereocenters. The molecular formula is C14H10F3NO3S. The molecule has 116 valence electrons. The van der Waals surface area contributed by atoms with Crippen LogP contribution in [-0.4, -0.2) is 18.0 Å². The fraction of sp³-hybridized carbons (Fsp3) is 0.143. The molecule has 0 saturated carbocycles. The maximum absolute atomic E-state index is 13.4. The molecule has 1 atom stereocenters. The number of thiophene rings is 1. The number of carbonyl (C=O) groups is 2. The SMILES string of the molecule is C[C@@H](OC(=O)c1cccs1)C(=O)Nc1ccc(F)c(F)c1F. The van der Waals surface area contributed by atoms with Gasteiger partial charge in [0.1, 0.15) is 4.88 Å². The van der Waals surface area contributed by atoms with Crippen LogP contribution < -0.4 is 5.32 Å². The molecular weight excluding hydrogens is 319 g/mol. The van der Waals surface area contributed by atoms with Gasteiger partial charge in [0.2, 0.25) is 0 Å². The second-order valence-corrected chi connectivity index (χ2v) is 5.18. The number of amides is 1. The molecule has 1 heterocycles. The summed E-state index contributed by atoms with van der Waals surface area (Å²) in [6, 6.07) is 4.71. The molecule has 0 spiro atoms. The molecule has 1 aromatic carbocycles. The Morgan fingerprint density at radius 2 is 1.91 bits per heavy atom. The van der Waals surface area contributed by atoms with E-state index < -0.39 is 41.1 Å². The van der Waals surface area contributed by atoms with Crippen LogP contribution in [0.5, 0.6) is 0 Å². The number of halogens is 3. The molecule has 22 heavy (non-hydrogen) atoms. The minimum absolute atomic E-state index is 0.304. The van der Waals surface area contributed by atoms with Crippen molar-refractivity contribution in [1.29, 1.82) is 0 Å². The van der Waals surface area contributed by atoms with Crippen LogP contribution in [0.4, 0.5) is 18.9 Å². The molecule has 0 bridgehead atoms. The molecule has 0 aliphatic rings. The summed E-state index contributed by atoms with van der Waals surface area (Å²) in [6.45, 7) is 1.28. The van der Waals surface area contributed by atoms with Gasteiger partial charge in [-0.2, -0.15) is 0 Å². The van der Waals surface area contributed by atoms with E-state index in [2.05, 4.69) is 0 Å². The van der Waals surface area contributed by atoms with Gasteiger partial charge in [-0.1, -0.05) is 6.07 Å². The number of ether oxygens (including phenoxy) is 1. The van der Waals surface area contributed by atoms with Crippen LogP contribution in [0.3, 0.4) is 0 Å². The van der Waals surface area contributed by atoms with Crippen molar-refractivity contribution >= 4 is 28.9 Å². The Morgan fingerprint density at radius 3 is 2.55 bits per heavy atom. The average molecular weight is 329 g/mol. The number of benzene rings is 1. The molecule has 4 nitrogen and oxygen atoms in total. The van der Waals surface area contributed by atoms with Crippen LogP contribution in [-0.2, 0) is 9.53 Å². The van der Waals surface area contributed by atoms with E-state index in [-0.39, 0.29) is 0 Å². The molecule has 0 radical (unpaired) electrons. The van der Waals surface area contributed by atoms with Crippen LogP contribution >= 0.6 is 11.3 Å². The van der Waals surface area contributed by atoms with Gasteiger partial charge >= 0.3 is 5.97 Å². The van der Waals surface area contributed by atoms with E-state index >= 15 is 0 Å². The van der Waals surface area contributed by atoms with Crippen molar-refractivity contribution in [3.05, 3.63) is 52.0 Å². The van der Waals surface area contributed by atoms with Crippen molar-refractivity contribution in [2.75, 3.05) is 5.32 Å². The van der Waals surface area contributed by atoms with Gasteiger partial charge in [-0.25, -0.2) is 18.0 Å². The molecule has 8 heteroatoms. The number of hydrogen-bond donors (Lipinski definition) is 1. The van der Waals surface area contributed by atoms with Gasteiger partial charge in [0.05, 0.1) is 5.69 Å². The molecule has 1 aromatic heterocycles. The third-order valence-corrected chi connectivity index (χ3v) is 3.52. The maximum atomic E-state index is 13.4. The number of rotatable bonds is 4. The zero-order chi connectivity index (χ0) is 16.3. The summed E-state index contributed by atoms with van der Waals surface area (Å²) in [5, 5.41) is 3.70. The fourth-order valence-corrected chi connectivity index (χ4v) is 2.13. The lowest BCUT2D eigenvalue weighted by molar-refractivity contribution is -0.123. The first-order valence-electron chi connectivity index (χ1n) is 6.09. The van der Waals surface area contributed by atoms with E-state index in [4.69, 9.17) is 4.74 Å². The predicted molar refractivity (Wildman–Crippen MR) is 74.1 cm³/mol. The summed E-state index contributed by atoms with van der Waals surface area (Å²) in [6.07, 6.45) is -1.23. The highest BCUT2D eigenvalue weighted by molar-refractivity contribution is 7.11. The summed E-state index contributed by atoms with van der Waals surface area (Å²) in [7, 11) is 0. The Morgan fingerprint density at radius 1 is 1.18 bits per heavy atom. The highest BCUT2D eigenvalue weighted by Gasteiger charge is 2.22. The van der Waals surface area contributed by atoms with Crippen molar-refractivity contribution < 1.29 is 27.5 Å². The summed E-state index contributed by atoms with van der Waals surface area (Å²) in [5.74, 6) is -6.16. The van der Waals surface area contributed by atoms with Gasteiger partial charge in [0, 0.05) is 0 Å². The zero-order valence-electron chi connectivity index (χ0n) is 11.2. The van der Waals surface area contributed by atoms with Crippen molar-refractivity contribution in [2.45, 2.75) is 13.0 Å². The Balaban J connectivity index is 2.03. The Hall–Kier alpha value is -2.35. The van der Waals surface area contributed by atoms with Crippen LogP contribution in [0.2, 0.25) is 0 Å². The molecule has 0 aliphatic heterocycles. The maximum Gasteiger partial charge on any atom is 0.349 e. The first kappa shape index (κ1) is 16.0. The zero-order valence-corrected chi connectivity index (χ0v) is 12.0. The summed E-state index contributed by atoms with van der Waals surface area (Å²) < 4.78 is 44.2. The number of carbonyl (C=O) groups excluding carboxylic acids is 2. The van der Waals surface area contributed by atoms with E-state index in [9.17, 15) is 22.8 Å². The van der Waals surface area contributed by atoms with E-state index in [1.807, 2.05) is 5.32 Å². The van der Waals surface area contributed by atoms with E-state index in [1.165, 1.54) is 13.0 Å². The third-order valence-electron chi connectivity index (χ3n) is 2.67. The minimum Gasteiger partial charge on any atom is -0.448 e. The molecule has 2 aromatic rings. The quantitative estimate of drug-likeness (QED) is 0.691. The number of esters is 1. The molecule has 0 saturated heterocycles. The largest absolute Gasteiger partial charge is 0.448 e. The topological polar surface area (TPSA) is 55.4 Å². The Labute approximate surface area is 127 Å². The molecule has 0 aliphatic carbocycles. The lowest BCUT2D eigenvalue weighted by atomic mass is 10.2. The lowest BCUT2D eigenvalue weighted by Crippen LogP contribution is -2.30. The van der Waals surface area contributed by atoms with Crippen molar-refractivity contribution in [1.82, 2.24) is 0 Å². The van der Waals surface area contributed by atoms with Crippen molar-refractivity contribution in [2.24, 2.45) is 0 Å². The fourth-order valence-electron chi connectivity index (χ4n) is 1.52. The van der Waals surface area contributed by atoms with Crippen LogP contribution in [0.1, 0.15) is 16.6 Å². The van der Waals surface area contributed by atoms with Gasteiger partial charge in [0.15, 0.2) is 23.6 Å². The van der Waals surface area contributed by atoms with Gasteiger partial charge < -0.3 is 10.1 Å². The normalized spacial score (nSPS) is 11.8. The van der Waals surface area contributed by atoms with Crippen LogP contribution in [0.25, 0.3) is 0 Å². The number of hydrogen-bond acceptors (Lipinski definition) is 4. The molecule has 1 N–H and O–H groups in total. The monoisotopic (exact) mass is 329 g/mol. The summed E-state index contributed by atoms with van der Waals surface area (Å²) >= 11 is 1.14.